The summed E-state index contributed by atoms with van der Waals surface area (Å²) in [5.74, 6) is 0.653. The van der Waals surface area contributed by atoms with Crippen molar-refractivity contribution in [3.63, 3.8) is 0 Å². The van der Waals surface area contributed by atoms with Crippen molar-refractivity contribution in [1.82, 2.24) is 15.8 Å². The van der Waals surface area contributed by atoms with E-state index in [1.54, 1.807) is 6.07 Å². The van der Waals surface area contributed by atoms with Gasteiger partial charge < -0.3 is 15.2 Å². The highest BCUT2D eigenvalue weighted by atomic mass is 32.2. The zero-order chi connectivity index (χ0) is 17.2. The van der Waals surface area contributed by atoms with Crippen molar-refractivity contribution in [3.8, 4) is 11.3 Å². The summed E-state index contributed by atoms with van der Waals surface area (Å²) >= 11 is 0. The number of hydrogen-bond acceptors (Lipinski definition) is 5. The van der Waals surface area contributed by atoms with Gasteiger partial charge in [-0.05, 0) is 13.3 Å². The summed E-state index contributed by atoms with van der Waals surface area (Å²) in [4.78, 5) is 11.8. The average molecular weight is 349 g/mol. The van der Waals surface area contributed by atoms with Gasteiger partial charge in [0.05, 0.1) is 18.1 Å². The smallest absolute Gasteiger partial charge is 0.315 e. The van der Waals surface area contributed by atoms with Crippen LogP contribution in [0.15, 0.2) is 34.9 Å². The predicted octanol–water partition coefficient (Wildman–Crippen LogP) is 1.64. The van der Waals surface area contributed by atoms with Gasteiger partial charge in [-0.3, -0.25) is 0 Å². The Balaban J connectivity index is 1.52. The Hall–Kier alpha value is -2.35. The van der Waals surface area contributed by atoms with Gasteiger partial charge in [-0.15, -0.1) is 0 Å². The van der Waals surface area contributed by atoms with Crippen LogP contribution in [0.25, 0.3) is 11.3 Å². The summed E-state index contributed by atoms with van der Waals surface area (Å²) in [6.45, 7) is 2.19. The largest absolute Gasteiger partial charge is 0.359 e. The van der Waals surface area contributed by atoms with Gasteiger partial charge >= 0.3 is 6.03 Å². The zero-order valence-electron chi connectivity index (χ0n) is 13.3. The molecule has 128 valence electrons. The topological polar surface area (TPSA) is 101 Å². The molecule has 1 aliphatic heterocycles. The molecule has 0 spiro atoms. The van der Waals surface area contributed by atoms with E-state index in [1.165, 1.54) is 0 Å². The number of aromatic nitrogens is 1. The van der Waals surface area contributed by atoms with Crippen LogP contribution >= 0.6 is 0 Å². The first-order chi connectivity index (χ1) is 11.4. The first-order valence-electron chi connectivity index (χ1n) is 7.69. The Morgan fingerprint density at radius 1 is 1.33 bits per heavy atom. The number of hydrogen-bond donors (Lipinski definition) is 2. The van der Waals surface area contributed by atoms with E-state index in [4.69, 9.17) is 4.52 Å². The van der Waals surface area contributed by atoms with E-state index >= 15 is 0 Å². The molecule has 2 N–H and O–H groups in total. The standard InChI is InChI=1S/C16H19N3O4S/c1-11-2-4-12(5-3-11)15-8-14(23-19-15)9-17-16(20)18-13-6-7-24(21,22)10-13/h2-5,8,13H,6-7,9-10H2,1H3,(H2,17,18,20)/t13-/m0/s1. The summed E-state index contributed by atoms with van der Waals surface area (Å²) in [7, 11) is -3.01. The molecule has 0 radical (unpaired) electrons. The van der Waals surface area contributed by atoms with Crippen LogP contribution in [0.4, 0.5) is 4.79 Å². The van der Waals surface area contributed by atoms with Crippen LogP contribution in [0.1, 0.15) is 17.7 Å². The van der Waals surface area contributed by atoms with E-state index < -0.39 is 15.9 Å². The maximum absolute atomic E-state index is 11.8. The molecule has 2 aromatic rings. The molecule has 1 saturated heterocycles. The number of carbonyl (C=O) groups is 1. The Morgan fingerprint density at radius 2 is 2.08 bits per heavy atom. The lowest BCUT2D eigenvalue weighted by Gasteiger charge is -2.10. The maximum Gasteiger partial charge on any atom is 0.315 e. The molecule has 1 aliphatic rings. The van der Waals surface area contributed by atoms with Gasteiger partial charge in [0.1, 0.15) is 5.69 Å². The van der Waals surface area contributed by atoms with E-state index in [0.29, 0.717) is 17.9 Å². The maximum atomic E-state index is 11.8. The van der Waals surface area contributed by atoms with E-state index in [-0.39, 0.29) is 24.1 Å². The van der Waals surface area contributed by atoms with Crippen molar-refractivity contribution in [2.45, 2.75) is 25.9 Å². The number of rotatable bonds is 4. The molecule has 2 amide bonds. The SMILES string of the molecule is Cc1ccc(-c2cc(CNC(=O)N[C@H]3CCS(=O)(=O)C3)on2)cc1. The highest BCUT2D eigenvalue weighted by Gasteiger charge is 2.28. The van der Waals surface area contributed by atoms with Crippen LogP contribution in [0.3, 0.4) is 0 Å². The second kappa shape index (κ2) is 6.64. The van der Waals surface area contributed by atoms with Gasteiger partial charge in [-0.25, -0.2) is 13.2 Å². The molecule has 1 fully saturated rings. The van der Waals surface area contributed by atoms with Crippen LogP contribution in [-0.4, -0.2) is 37.2 Å². The highest BCUT2D eigenvalue weighted by Crippen LogP contribution is 2.19. The Bertz CT molecular complexity index is 827. The molecule has 0 unspecified atom stereocenters. The second-order valence-corrected chi connectivity index (χ2v) is 8.20. The molecule has 8 heteroatoms. The Morgan fingerprint density at radius 3 is 2.75 bits per heavy atom. The van der Waals surface area contributed by atoms with Gasteiger partial charge in [0, 0.05) is 17.7 Å². The lowest BCUT2D eigenvalue weighted by molar-refractivity contribution is 0.236. The molecule has 0 aliphatic carbocycles. The zero-order valence-corrected chi connectivity index (χ0v) is 14.1. The number of benzene rings is 1. The van der Waals surface area contributed by atoms with Crippen LogP contribution < -0.4 is 10.6 Å². The van der Waals surface area contributed by atoms with E-state index in [1.807, 2.05) is 31.2 Å². The summed E-state index contributed by atoms with van der Waals surface area (Å²) in [6.07, 6.45) is 0.454. The van der Waals surface area contributed by atoms with E-state index in [9.17, 15) is 13.2 Å². The van der Waals surface area contributed by atoms with Crippen molar-refractivity contribution >= 4 is 15.9 Å². The number of sulfone groups is 1. The summed E-state index contributed by atoms with van der Waals surface area (Å²) in [5.41, 5.74) is 2.81. The lowest BCUT2D eigenvalue weighted by Crippen LogP contribution is -2.42. The monoisotopic (exact) mass is 349 g/mol. The molecule has 0 saturated carbocycles. The van der Waals surface area contributed by atoms with Crippen LogP contribution in [0.2, 0.25) is 0 Å². The van der Waals surface area contributed by atoms with Crippen molar-refractivity contribution in [1.29, 1.82) is 0 Å². The molecule has 7 nitrogen and oxygen atoms in total. The molecular formula is C16H19N3O4S. The van der Waals surface area contributed by atoms with Gasteiger partial charge in [0.15, 0.2) is 15.6 Å². The van der Waals surface area contributed by atoms with Crippen molar-refractivity contribution in [2.24, 2.45) is 0 Å². The fourth-order valence-corrected chi connectivity index (χ4v) is 4.24. The minimum absolute atomic E-state index is 0.000297. The first kappa shape index (κ1) is 16.5. The third-order valence-electron chi connectivity index (χ3n) is 3.90. The van der Waals surface area contributed by atoms with Crippen molar-refractivity contribution in [2.75, 3.05) is 11.5 Å². The summed E-state index contributed by atoms with van der Waals surface area (Å²) < 4.78 is 27.9. The Labute approximate surface area is 140 Å². The molecule has 1 aromatic carbocycles. The van der Waals surface area contributed by atoms with Gasteiger partial charge in [-0.2, -0.15) is 0 Å². The molecule has 2 heterocycles. The third-order valence-corrected chi connectivity index (χ3v) is 5.67. The third kappa shape index (κ3) is 4.14. The molecule has 1 atom stereocenters. The lowest BCUT2D eigenvalue weighted by atomic mass is 10.1. The molecule has 24 heavy (non-hydrogen) atoms. The van der Waals surface area contributed by atoms with Crippen LogP contribution in [0, 0.1) is 6.92 Å². The molecular weight excluding hydrogens is 330 g/mol. The minimum atomic E-state index is -3.01. The quantitative estimate of drug-likeness (QED) is 0.874. The van der Waals surface area contributed by atoms with Crippen LogP contribution in [0.5, 0.6) is 0 Å². The van der Waals surface area contributed by atoms with Gasteiger partial charge in [0.25, 0.3) is 0 Å². The minimum Gasteiger partial charge on any atom is -0.359 e. The highest BCUT2D eigenvalue weighted by molar-refractivity contribution is 7.91. The number of carbonyl (C=O) groups excluding carboxylic acids is 1. The summed E-state index contributed by atoms with van der Waals surface area (Å²) in [5, 5.41) is 9.30. The van der Waals surface area contributed by atoms with Gasteiger partial charge in [0.2, 0.25) is 0 Å². The number of aryl methyl sites for hydroxylation is 1. The van der Waals surface area contributed by atoms with Crippen molar-refractivity contribution in [3.05, 3.63) is 41.7 Å². The molecule has 1 aromatic heterocycles. The predicted molar refractivity (Wildman–Crippen MR) is 89.1 cm³/mol. The van der Waals surface area contributed by atoms with E-state index in [2.05, 4.69) is 15.8 Å². The number of nitrogens with zero attached hydrogens (tertiary/aromatic N) is 1. The molecule has 3 rings (SSSR count). The Kier molecular flexibility index (Phi) is 4.57. The first-order valence-corrected chi connectivity index (χ1v) is 9.51. The van der Waals surface area contributed by atoms with Crippen molar-refractivity contribution < 1.29 is 17.7 Å². The van der Waals surface area contributed by atoms with Crippen LogP contribution in [-0.2, 0) is 16.4 Å². The summed E-state index contributed by atoms with van der Waals surface area (Å²) in [6, 6.07) is 8.93. The van der Waals surface area contributed by atoms with E-state index in [0.717, 1.165) is 11.1 Å². The average Bonchev–Trinajstić information content (AvgIpc) is 3.12. The number of amides is 2. The normalized spacial score (nSPS) is 19.1. The second-order valence-electron chi connectivity index (χ2n) is 5.97. The molecule has 0 bridgehead atoms. The number of nitrogens with one attached hydrogen (secondary N) is 2. The van der Waals surface area contributed by atoms with Gasteiger partial charge in [-0.1, -0.05) is 35.0 Å². The fraction of sp³-hybridized carbons (Fsp3) is 0.375. The fourth-order valence-electron chi connectivity index (χ4n) is 2.57. The number of urea groups is 1.